The fraction of sp³-hybridized carbons (Fsp3) is 0.286. The fourth-order valence-corrected chi connectivity index (χ4v) is 2.79. The largest absolute Gasteiger partial charge is 0.383 e. The van der Waals surface area contributed by atoms with Crippen LogP contribution in [0.1, 0.15) is 18.4 Å². The number of hydrogen-bond acceptors (Lipinski definition) is 6. The average molecular weight is 287 g/mol. The van der Waals surface area contributed by atoms with E-state index < -0.39 is 0 Å². The first-order chi connectivity index (χ1) is 9.81. The van der Waals surface area contributed by atoms with Crippen LogP contribution in [0.15, 0.2) is 34.7 Å². The van der Waals surface area contributed by atoms with Gasteiger partial charge in [-0.2, -0.15) is 5.10 Å². The number of anilines is 3. The highest BCUT2D eigenvalue weighted by atomic mass is 32.1. The van der Waals surface area contributed by atoms with Gasteiger partial charge in [0.1, 0.15) is 5.82 Å². The van der Waals surface area contributed by atoms with Crippen LogP contribution in [0.3, 0.4) is 0 Å². The van der Waals surface area contributed by atoms with Crippen LogP contribution < -0.4 is 16.1 Å². The molecule has 0 aliphatic carbocycles. The summed E-state index contributed by atoms with van der Waals surface area (Å²) in [4.78, 5) is 6.49. The van der Waals surface area contributed by atoms with Crippen molar-refractivity contribution in [2.75, 3.05) is 29.1 Å². The molecule has 20 heavy (non-hydrogen) atoms. The molecule has 3 N–H and O–H groups in total. The minimum Gasteiger partial charge on any atom is -0.383 e. The van der Waals surface area contributed by atoms with Crippen LogP contribution in [0, 0.1) is 0 Å². The fourth-order valence-electron chi connectivity index (χ4n) is 2.25. The summed E-state index contributed by atoms with van der Waals surface area (Å²) < 4.78 is 0. The molecule has 6 heteroatoms. The molecule has 0 spiro atoms. The van der Waals surface area contributed by atoms with E-state index in [0.717, 1.165) is 5.56 Å². The zero-order valence-electron chi connectivity index (χ0n) is 11.1. The van der Waals surface area contributed by atoms with Gasteiger partial charge in [-0.15, -0.1) is 11.3 Å². The molecule has 0 saturated carbocycles. The number of thiazole rings is 1. The Labute approximate surface area is 122 Å². The van der Waals surface area contributed by atoms with E-state index in [4.69, 9.17) is 5.73 Å². The second kappa shape index (κ2) is 5.92. The molecule has 1 aromatic carbocycles. The van der Waals surface area contributed by atoms with Gasteiger partial charge in [0.15, 0.2) is 0 Å². The lowest BCUT2D eigenvalue weighted by molar-refractivity contribution is 0.949. The minimum atomic E-state index is 0.516. The normalized spacial score (nSPS) is 15.1. The van der Waals surface area contributed by atoms with Crippen molar-refractivity contribution in [1.29, 1.82) is 0 Å². The molecular weight excluding hydrogens is 270 g/mol. The van der Waals surface area contributed by atoms with Gasteiger partial charge in [-0.1, -0.05) is 12.1 Å². The molecule has 104 valence electrons. The Bertz CT molecular complexity index is 584. The summed E-state index contributed by atoms with van der Waals surface area (Å²) in [7, 11) is 0. The Balaban J connectivity index is 1.59. The zero-order chi connectivity index (χ0) is 13.8. The molecule has 0 bridgehead atoms. The van der Waals surface area contributed by atoms with Crippen molar-refractivity contribution in [3.05, 3.63) is 35.2 Å². The van der Waals surface area contributed by atoms with Crippen molar-refractivity contribution in [2.24, 2.45) is 5.10 Å². The Kier molecular flexibility index (Phi) is 3.83. The first-order valence-corrected chi connectivity index (χ1v) is 7.54. The number of nitrogens with one attached hydrogen (secondary N) is 1. The molecule has 1 saturated heterocycles. The van der Waals surface area contributed by atoms with E-state index in [2.05, 4.69) is 44.7 Å². The molecule has 0 unspecified atom stereocenters. The number of rotatable bonds is 4. The highest BCUT2D eigenvalue weighted by molar-refractivity contribution is 7.14. The van der Waals surface area contributed by atoms with Crippen molar-refractivity contribution in [3.63, 3.8) is 0 Å². The Morgan fingerprint density at radius 3 is 2.65 bits per heavy atom. The first kappa shape index (κ1) is 12.9. The second-order valence-electron chi connectivity index (χ2n) is 4.73. The summed E-state index contributed by atoms with van der Waals surface area (Å²) in [6, 6.07) is 8.45. The van der Waals surface area contributed by atoms with Gasteiger partial charge in [0.2, 0.25) is 5.13 Å². The summed E-state index contributed by atoms with van der Waals surface area (Å²) in [6.07, 6.45) is 4.37. The molecule has 3 rings (SSSR count). The summed E-state index contributed by atoms with van der Waals surface area (Å²) in [5, 5.41) is 6.64. The van der Waals surface area contributed by atoms with E-state index in [9.17, 15) is 0 Å². The number of nitrogens with zero attached hydrogens (tertiary/aromatic N) is 3. The number of hydrogen-bond donors (Lipinski definition) is 2. The van der Waals surface area contributed by atoms with Gasteiger partial charge in [0.05, 0.1) is 6.21 Å². The zero-order valence-corrected chi connectivity index (χ0v) is 11.9. The van der Waals surface area contributed by atoms with Crippen molar-refractivity contribution >= 4 is 34.2 Å². The third kappa shape index (κ3) is 3.08. The van der Waals surface area contributed by atoms with Crippen molar-refractivity contribution in [1.82, 2.24) is 4.98 Å². The molecule has 1 aliphatic heterocycles. The first-order valence-electron chi connectivity index (χ1n) is 6.66. The number of nitrogens with two attached hydrogens (primary N) is 1. The van der Waals surface area contributed by atoms with Crippen molar-refractivity contribution in [3.8, 4) is 0 Å². The summed E-state index contributed by atoms with van der Waals surface area (Å²) in [6.45, 7) is 2.33. The van der Waals surface area contributed by atoms with E-state index in [0.29, 0.717) is 10.9 Å². The van der Waals surface area contributed by atoms with E-state index in [1.165, 1.54) is 43.0 Å². The highest BCUT2D eigenvalue weighted by Gasteiger charge is 2.11. The predicted molar refractivity (Wildman–Crippen MR) is 85.6 cm³/mol. The van der Waals surface area contributed by atoms with Gasteiger partial charge in [-0.05, 0) is 30.5 Å². The van der Waals surface area contributed by atoms with Gasteiger partial charge in [0, 0.05) is 24.2 Å². The molecular formula is C14H17N5S. The van der Waals surface area contributed by atoms with E-state index in [1.54, 1.807) is 11.6 Å². The molecule has 1 aliphatic rings. The van der Waals surface area contributed by atoms with E-state index in [-0.39, 0.29) is 0 Å². The van der Waals surface area contributed by atoms with E-state index >= 15 is 0 Å². The van der Waals surface area contributed by atoms with Crippen LogP contribution >= 0.6 is 11.3 Å². The smallest absolute Gasteiger partial charge is 0.205 e. The standard InChI is InChI=1S/C14H17N5S/c15-13-10-20-14(17-13)18-16-9-11-3-5-12(6-4-11)19-7-1-2-8-19/h3-6,9-10H,1-2,7-8,15H2,(H,17,18). The topological polar surface area (TPSA) is 66.5 Å². The maximum absolute atomic E-state index is 5.54. The molecule has 2 heterocycles. The van der Waals surface area contributed by atoms with Gasteiger partial charge < -0.3 is 10.6 Å². The third-order valence-corrected chi connectivity index (χ3v) is 4.03. The van der Waals surface area contributed by atoms with Crippen LogP contribution in [0.5, 0.6) is 0 Å². The maximum Gasteiger partial charge on any atom is 0.205 e. The molecule has 2 aromatic rings. The van der Waals surface area contributed by atoms with Crippen LogP contribution in [0.4, 0.5) is 16.6 Å². The lowest BCUT2D eigenvalue weighted by Crippen LogP contribution is -2.17. The van der Waals surface area contributed by atoms with Crippen LogP contribution in [0.2, 0.25) is 0 Å². The molecule has 1 fully saturated rings. The quantitative estimate of drug-likeness (QED) is 0.670. The Morgan fingerprint density at radius 2 is 2.00 bits per heavy atom. The number of hydrazone groups is 1. The van der Waals surface area contributed by atoms with Crippen molar-refractivity contribution in [2.45, 2.75) is 12.8 Å². The van der Waals surface area contributed by atoms with Gasteiger partial charge in [-0.25, -0.2) is 4.98 Å². The summed E-state index contributed by atoms with van der Waals surface area (Å²) >= 11 is 1.44. The minimum absolute atomic E-state index is 0.516. The maximum atomic E-state index is 5.54. The van der Waals surface area contributed by atoms with E-state index in [1.807, 2.05) is 0 Å². The molecule has 0 atom stereocenters. The average Bonchev–Trinajstić information content (AvgIpc) is 3.11. The third-order valence-electron chi connectivity index (χ3n) is 3.26. The number of aromatic nitrogens is 1. The Hall–Kier alpha value is -2.08. The van der Waals surface area contributed by atoms with Crippen LogP contribution in [0.25, 0.3) is 0 Å². The van der Waals surface area contributed by atoms with Crippen LogP contribution in [-0.4, -0.2) is 24.3 Å². The predicted octanol–water partition coefficient (Wildman–Crippen LogP) is 2.77. The molecule has 1 aromatic heterocycles. The summed E-state index contributed by atoms with van der Waals surface area (Å²) in [5.41, 5.74) is 10.8. The molecule has 5 nitrogen and oxygen atoms in total. The van der Waals surface area contributed by atoms with Gasteiger partial charge in [-0.3, -0.25) is 5.43 Å². The van der Waals surface area contributed by atoms with Crippen molar-refractivity contribution < 1.29 is 0 Å². The molecule has 0 radical (unpaired) electrons. The Morgan fingerprint density at radius 1 is 1.25 bits per heavy atom. The number of nitrogen functional groups attached to an aromatic ring is 1. The van der Waals surface area contributed by atoms with Gasteiger partial charge in [0.25, 0.3) is 0 Å². The number of benzene rings is 1. The SMILES string of the molecule is Nc1csc(NN=Cc2ccc(N3CCCC3)cc2)n1. The van der Waals surface area contributed by atoms with Gasteiger partial charge >= 0.3 is 0 Å². The lowest BCUT2D eigenvalue weighted by Gasteiger charge is -2.17. The highest BCUT2D eigenvalue weighted by Crippen LogP contribution is 2.20. The summed E-state index contributed by atoms with van der Waals surface area (Å²) in [5.74, 6) is 0.516. The molecule has 0 amide bonds. The lowest BCUT2D eigenvalue weighted by atomic mass is 10.2. The van der Waals surface area contributed by atoms with Crippen LogP contribution in [-0.2, 0) is 0 Å². The second-order valence-corrected chi connectivity index (χ2v) is 5.59. The monoisotopic (exact) mass is 287 g/mol.